The number of furan rings is 1. The molecule has 2 aromatic rings. The molecule has 0 saturated heterocycles. The van der Waals surface area contributed by atoms with E-state index in [0.29, 0.717) is 18.0 Å². The molecule has 3 N–H and O–H groups in total. The number of nitrogens with one attached hydrogen (secondary N) is 1. The Hall–Kier alpha value is -1.81. The zero-order chi connectivity index (χ0) is 14.8. The molecule has 1 aromatic carbocycles. The van der Waals surface area contributed by atoms with E-state index in [0.717, 1.165) is 17.4 Å². The van der Waals surface area contributed by atoms with Crippen LogP contribution in [-0.2, 0) is 0 Å². The van der Waals surface area contributed by atoms with Gasteiger partial charge in [0, 0.05) is 17.5 Å². The summed E-state index contributed by atoms with van der Waals surface area (Å²) in [4.78, 5) is 12.4. The van der Waals surface area contributed by atoms with Crippen molar-refractivity contribution in [2.24, 2.45) is 11.7 Å². The van der Waals surface area contributed by atoms with Crippen molar-refractivity contribution in [1.82, 2.24) is 5.32 Å². The van der Waals surface area contributed by atoms with Gasteiger partial charge < -0.3 is 15.5 Å². The largest absolute Gasteiger partial charge is 0.463 e. The first-order valence-electron chi connectivity index (χ1n) is 6.94. The molecule has 1 unspecified atom stereocenters. The van der Waals surface area contributed by atoms with Crippen LogP contribution >= 0.6 is 0 Å². The Morgan fingerprint density at radius 1 is 1.40 bits per heavy atom. The van der Waals surface area contributed by atoms with Gasteiger partial charge in [-0.05, 0) is 25.3 Å². The van der Waals surface area contributed by atoms with Crippen LogP contribution in [0.5, 0.6) is 0 Å². The molecule has 1 aromatic heterocycles. The number of para-hydroxylation sites is 1. The Balaban J connectivity index is 2.23. The summed E-state index contributed by atoms with van der Waals surface area (Å²) in [5.74, 6) is 0.327. The summed E-state index contributed by atoms with van der Waals surface area (Å²) in [5, 5.41) is 3.87. The second-order valence-corrected chi connectivity index (χ2v) is 5.96. The minimum absolute atomic E-state index is 0.136. The molecule has 0 aliphatic carbocycles. The second kappa shape index (κ2) is 5.67. The van der Waals surface area contributed by atoms with Gasteiger partial charge in [-0.25, -0.2) is 0 Å². The lowest BCUT2D eigenvalue weighted by Crippen LogP contribution is -2.52. The van der Waals surface area contributed by atoms with Crippen LogP contribution in [0, 0.1) is 5.92 Å². The van der Waals surface area contributed by atoms with Gasteiger partial charge in [-0.1, -0.05) is 32.0 Å². The first-order chi connectivity index (χ1) is 9.45. The maximum atomic E-state index is 12.4. The van der Waals surface area contributed by atoms with Crippen LogP contribution in [-0.4, -0.2) is 18.0 Å². The fourth-order valence-electron chi connectivity index (χ4n) is 2.58. The highest BCUT2D eigenvalue weighted by Gasteiger charge is 2.27. The zero-order valence-electron chi connectivity index (χ0n) is 12.3. The van der Waals surface area contributed by atoms with E-state index < -0.39 is 5.54 Å². The maximum absolute atomic E-state index is 12.4. The number of carbonyl (C=O) groups excluding carboxylic acids is 1. The van der Waals surface area contributed by atoms with Crippen molar-refractivity contribution >= 4 is 16.9 Å². The molecule has 0 aliphatic heterocycles. The molecule has 0 bridgehead atoms. The van der Waals surface area contributed by atoms with Gasteiger partial charge >= 0.3 is 0 Å². The van der Waals surface area contributed by atoms with E-state index in [1.807, 2.05) is 31.2 Å². The predicted octanol–water partition coefficient (Wildman–Crippen LogP) is 2.93. The van der Waals surface area contributed by atoms with Crippen LogP contribution in [0.1, 0.15) is 37.6 Å². The summed E-state index contributed by atoms with van der Waals surface area (Å²) in [6.45, 7) is 6.63. The summed E-state index contributed by atoms with van der Waals surface area (Å²) >= 11 is 0. The van der Waals surface area contributed by atoms with Crippen LogP contribution in [0.4, 0.5) is 0 Å². The average molecular weight is 274 g/mol. The Morgan fingerprint density at radius 3 is 2.75 bits per heavy atom. The highest BCUT2D eigenvalue weighted by atomic mass is 16.3. The van der Waals surface area contributed by atoms with Crippen LogP contribution < -0.4 is 11.1 Å². The number of nitrogens with two attached hydrogens (primary N) is 1. The Bertz CT molecular complexity index is 603. The van der Waals surface area contributed by atoms with Crippen LogP contribution in [0.25, 0.3) is 11.0 Å². The summed E-state index contributed by atoms with van der Waals surface area (Å²) in [7, 11) is 0. The third-order valence-electron chi connectivity index (χ3n) is 3.45. The van der Waals surface area contributed by atoms with Crippen LogP contribution in [0.15, 0.2) is 34.9 Å². The number of hydrogen-bond acceptors (Lipinski definition) is 3. The molecule has 1 amide bonds. The molecule has 2 rings (SSSR count). The van der Waals surface area contributed by atoms with Crippen molar-refractivity contribution in [3.05, 3.63) is 36.1 Å². The zero-order valence-corrected chi connectivity index (χ0v) is 12.3. The lowest BCUT2D eigenvalue weighted by Gasteiger charge is -2.31. The van der Waals surface area contributed by atoms with Gasteiger partial charge in [-0.15, -0.1) is 0 Å². The minimum Gasteiger partial charge on any atom is -0.463 e. The molecule has 4 nitrogen and oxygen atoms in total. The van der Waals surface area contributed by atoms with Crippen molar-refractivity contribution < 1.29 is 9.21 Å². The number of benzene rings is 1. The van der Waals surface area contributed by atoms with Gasteiger partial charge in [0.05, 0.1) is 5.56 Å². The highest BCUT2D eigenvalue weighted by molar-refractivity contribution is 6.06. The van der Waals surface area contributed by atoms with Crippen LogP contribution in [0.2, 0.25) is 0 Å². The molecular weight excluding hydrogens is 252 g/mol. The molecule has 1 heterocycles. The molecule has 20 heavy (non-hydrogen) atoms. The van der Waals surface area contributed by atoms with E-state index in [1.165, 1.54) is 6.26 Å². The fraction of sp³-hybridized carbons (Fsp3) is 0.438. The van der Waals surface area contributed by atoms with Crippen molar-refractivity contribution in [2.45, 2.75) is 32.7 Å². The van der Waals surface area contributed by atoms with Crippen LogP contribution in [0.3, 0.4) is 0 Å². The van der Waals surface area contributed by atoms with E-state index in [2.05, 4.69) is 19.2 Å². The van der Waals surface area contributed by atoms with E-state index in [4.69, 9.17) is 10.2 Å². The molecular formula is C16H22N2O2. The summed E-state index contributed by atoms with van der Waals surface area (Å²) in [5.41, 5.74) is 6.71. The number of rotatable bonds is 5. The van der Waals surface area contributed by atoms with Crippen molar-refractivity contribution in [3.8, 4) is 0 Å². The molecule has 0 radical (unpaired) electrons. The van der Waals surface area contributed by atoms with Crippen molar-refractivity contribution in [3.63, 3.8) is 0 Å². The number of carbonyl (C=O) groups is 1. The highest BCUT2D eigenvalue weighted by Crippen LogP contribution is 2.22. The quantitative estimate of drug-likeness (QED) is 0.880. The minimum atomic E-state index is -0.399. The van der Waals surface area contributed by atoms with E-state index >= 15 is 0 Å². The van der Waals surface area contributed by atoms with E-state index in [9.17, 15) is 4.79 Å². The van der Waals surface area contributed by atoms with E-state index in [-0.39, 0.29) is 5.91 Å². The Labute approximate surface area is 119 Å². The number of amides is 1. The first kappa shape index (κ1) is 14.6. The first-order valence-corrected chi connectivity index (χ1v) is 6.94. The molecule has 0 aliphatic rings. The van der Waals surface area contributed by atoms with Gasteiger partial charge in [0.25, 0.3) is 5.91 Å². The standard InChI is InChI=1S/C16H22N2O2/c1-11(2)8-16(3,10-17)18-15(19)13-9-20-14-7-5-4-6-12(13)14/h4-7,9,11H,8,10,17H2,1-3H3,(H,18,19). The lowest BCUT2D eigenvalue weighted by molar-refractivity contribution is 0.0899. The third kappa shape index (κ3) is 3.02. The second-order valence-electron chi connectivity index (χ2n) is 5.96. The van der Waals surface area contributed by atoms with E-state index in [1.54, 1.807) is 0 Å². The molecule has 0 saturated carbocycles. The fourth-order valence-corrected chi connectivity index (χ4v) is 2.58. The molecule has 4 heteroatoms. The van der Waals surface area contributed by atoms with Gasteiger partial charge in [0.2, 0.25) is 0 Å². The molecule has 1 atom stereocenters. The number of hydrogen-bond donors (Lipinski definition) is 2. The third-order valence-corrected chi connectivity index (χ3v) is 3.45. The average Bonchev–Trinajstić information content (AvgIpc) is 2.81. The SMILES string of the molecule is CC(C)CC(C)(CN)NC(=O)c1coc2ccccc12. The monoisotopic (exact) mass is 274 g/mol. The lowest BCUT2D eigenvalue weighted by atomic mass is 9.90. The molecule has 0 spiro atoms. The normalized spacial score (nSPS) is 14.4. The van der Waals surface area contributed by atoms with Gasteiger partial charge in [0.1, 0.15) is 11.8 Å². The summed E-state index contributed by atoms with van der Waals surface area (Å²) in [6.07, 6.45) is 2.34. The van der Waals surface area contributed by atoms with Crippen molar-refractivity contribution in [1.29, 1.82) is 0 Å². The number of fused-ring (bicyclic) bond motifs is 1. The van der Waals surface area contributed by atoms with Gasteiger partial charge in [-0.3, -0.25) is 4.79 Å². The predicted molar refractivity (Wildman–Crippen MR) is 80.6 cm³/mol. The maximum Gasteiger partial charge on any atom is 0.255 e. The Kier molecular flexibility index (Phi) is 4.14. The molecule has 108 valence electrons. The summed E-state index contributed by atoms with van der Waals surface area (Å²) in [6, 6.07) is 7.51. The summed E-state index contributed by atoms with van der Waals surface area (Å²) < 4.78 is 5.41. The van der Waals surface area contributed by atoms with Gasteiger partial charge in [0.15, 0.2) is 0 Å². The Morgan fingerprint density at radius 2 is 2.10 bits per heavy atom. The topological polar surface area (TPSA) is 68.3 Å². The smallest absolute Gasteiger partial charge is 0.255 e. The van der Waals surface area contributed by atoms with Gasteiger partial charge in [-0.2, -0.15) is 0 Å². The van der Waals surface area contributed by atoms with Crippen molar-refractivity contribution in [2.75, 3.05) is 6.54 Å². The molecule has 0 fully saturated rings.